The molecule has 0 bridgehead atoms. The van der Waals surface area contributed by atoms with Gasteiger partial charge in [-0.25, -0.2) is 4.98 Å². The predicted octanol–water partition coefficient (Wildman–Crippen LogP) is 13.1. The third-order valence-electron chi connectivity index (χ3n) is 11.5. The second kappa shape index (κ2) is 10.8. The van der Waals surface area contributed by atoms with Crippen molar-refractivity contribution in [2.24, 2.45) is 0 Å². The van der Waals surface area contributed by atoms with Crippen molar-refractivity contribution in [3.8, 4) is 17.2 Å². The van der Waals surface area contributed by atoms with E-state index in [0.717, 1.165) is 23.3 Å². The SMILES string of the molecule is CC1CC=Cc2c1c1ccccc1n2-c1ccc2c(c1)c1ccccc1n2-c1nccc2c1sc1ccc(-n3c4ccccc4c4ccccc43)cc12. The Hall–Kier alpha value is -6.43. The van der Waals surface area contributed by atoms with Crippen molar-refractivity contribution < 1.29 is 0 Å². The number of fused-ring (bicyclic) bond motifs is 12. The van der Waals surface area contributed by atoms with Crippen LogP contribution in [0.3, 0.4) is 0 Å². The van der Waals surface area contributed by atoms with Crippen LogP contribution in [0.5, 0.6) is 0 Å². The fourth-order valence-corrected chi connectivity index (χ4v) is 10.4. The van der Waals surface area contributed by atoms with Crippen LogP contribution in [0.25, 0.3) is 98.0 Å². The summed E-state index contributed by atoms with van der Waals surface area (Å²) < 4.78 is 9.70. The second-order valence-electron chi connectivity index (χ2n) is 14.4. The largest absolute Gasteiger partial charge is 0.310 e. The molecular weight excluding hydrogens is 665 g/mol. The number of allylic oxidation sites excluding steroid dienone is 1. The molecule has 0 radical (unpaired) electrons. The number of aromatic nitrogens is 4. The molecular formula is C48H32N4S. The summed E-state index contributed by atoms with van der Waals surface area (Å²) in [6.07, 6.45) is 7.71. The standard InChI is InChI=1S/C48H32N4S/c1-29-11-10-20-44-46(29)36-15-5-9-19-42(36)51(44)30-21-23-43-37(27-30)34-14-4-8-18-41(34)52(43)48-47-35(25-26-49-48)38-28-31(22-24-45(38)53-47)50-39-16-6-2-12-32(39)33-13-3-7-17-40(33)50/h2-10,12-29H,11H2,1H3. The molecule has 0 aliphatic heterocycles. The Morgan fingerprint density at radius 1 is 0.528 bits per heavy atom. The second-order valence-corrected chi connectivity index (χ2v) is 15.5. The van der Waals surface area contributed by atoms with Crippen LogP contribution in [-0.2, 0) is 0 Å². The predicted molar refractivity (Wildman–Crippen MR) is 225 cm³/mol. The Balaban J connectivity index is 1.08. The van der Waals surface area contributed by atoms with Crippen LogP contribution >= 0.6 is 11.3 Å². The van der Waals surface area contributed by atoms with Crippen LogP contribution in [-0.4, -0.2) is 18.7 Å². The van der Waals surface area contributed by atoms with Gasteiger partial charge in [-0.2, -0.15) is 0 Å². The minimum atomic E-state index is 0.484. The van der Waals surface area contributed by atoms with Gasteiger partial charge in [-0.3, -0.25) is 4.57 Å². The zero-order valence-corrected chi connectivity index (χ0v) is 29.8. The summed E-state index contributed by atoms with van der Waals surface area (Å²) >= 11 is 1.83. The van der Waals surface area contributed by atoms with Crippen LogP contribution in [0, 0.1) is 0 Å². The number of benzene rings is 6. The smallest absolute Gasteiger partial charge is 0.155 e. The number of nitrogens with zero attached hydrogens (tertiary/aromatic N) is 4. The molecule has 6 aromatic carbocycles. The molecule has 0 saturated heterocycles. The lowest BCUT2D eigenvalue weighted by molar-refractivity contribution is 0.773. The average Bonchev–Trinajstić information content (AvgIpc) is 3.94. The minimum absolute atomic E-state index is 0.484. The van der Waals surface area contributed by atoms with Crippen LogP contribution in [0.1, 0.15) is 30.5 Å². The van der Waals surface area contributed by atoms with E-state index in [1.54, 1.807) is 0 Å². The summed E-state index contributed by atoms with van der Waals surface area (Å²) in [5, 5.41) is 8.83. The molecule has 5 heteroatoms. The summed E-state index contributed by atoms with van der Waals surface area (Å²) in [5.41, 5.74) is 11.1. The van der Waals surface area contributed by atoms with Gasteiger partial charge in [-0.05, 0) is 90.7 Å². The molecule has 4 nitrogen and oxygen atoms in total. The summed E-state index contributed by atoms with van der Waals surface area (Å²) in [5.74, 6) is 1.46. The van der Waals surface area contributed by atoms with E-state index in [-0.39, 0.29) is 0 Å². The molecule has 53 heavy (non-hydrogen) atoms. The van der Waals surface area contributed by atoms with E-state index in [1.807, 2.05) is 17.5 Å². The molecule has 1 aliphatic rings. The lowest BCUT2D eigenvalue weighted by atomic mass is 9.91. The Morgan fingerprint density at radius 2 is 1.09 bits per heavy atom. The first kappa shape index (κ1) is 29.2. The fraction of sp³-hybridized carbons (Fsp3) is 0.0625. The van der Waals surface area contributed by atoms with E-state index in [9.17, 15) is 0 Å². The molecule has 0 N–H and O–H groups in total. The molecule has 5 heterocycles. The molecule has 12 rings (SSSR count). The van der Waals surface area contributed by atoms with Crippen molar-refractivity contribution in [2.75, 3.05) is 0 Å². The van der Waals surface area contributed by atoms with Crippen molar-refractivity contribution in [1.82, 2.24) is 18.7 Å². The van der Waals surface area contributed by atoms with E-state index in [0.29, 0.717) is 5.92 Å². The maximum absolute atomic E-state index is 5.13. The molecule has 1 unspecified atom stereocenters. The summed E-state index contributed by atoms with van der Waals surface area (Å²) in [7, 11) is 0. The molecule has 0 saturated carbocycles. The van der Waals surface area contributed by atoms with Crippen molar-refractivity contribution in [3.05, 3.63) is 163 Å². The van der Waals surface area contributed by atoms with Gasteiger partial charge < -0.3 is 9.13 Å². The van der Waals surface area contributed by atoms with Gasteiger partial charge in [0.1, 0.15) is 0 Å². The van der Waals surface area contributed by atoms with E-state index < -0.39 is 0 Å². The lowest BCUT2D eigenvalue weighted by Crippen LogP contribution is -2.03. The highest BCUT2D eigenvalue weighted by Crippen LogP contribution is 2.44. The first-order valence-corrected chi connectivity index (χ1v) is 19.2. The summed E-state index contributed by atoms with van der Waals surface area (Å²) in [6, 6.07) is 51.2. The molecule has 5 aromatic heterocycles. The zero-order chi connectivity index (χ0) is 34.8. The number of pyridine rings is 1. The van der Waals surface area contributed by atoms with E-state index >= 15 is 0 Å². The van der Waals surface area contributed by atoms with Gasteiger partial charge in [0.05, 0.1) is 32.3 Å². The maximum atomic E-state index is 5.13. The average molecular weight is 697 g/mol. The highest BCUT2D eigenvalue weighted by molar-refractivity contribution is 7.26. The molecule has 250 valence electrons. The van der Waals surface area contributed by atoms with Gasteiger partial charge in [-0.15, -0.1) is 11.3 Å². The van der Waals surface area contributed by atoms with Gasteiger partial charge in [0.2, 0.25) is 0 Å². The monoisotopic (exact) mass is 696 g/mol. The van der Waals surface area contributed by atoms with Gasteiger partial charge in [0, 0.05) is 65.7 Å². The molecule has 0 amide bonds. The lowest BCUT2D eigenvalue weighted by Gasteiger charge is -2.17. The molecule has 1 atom stereocenters. The molecule has 0 spiro atoms. The van der Waals surface area contributed by atoms with Crippen LogP contribution in [0.4, 0.5) is 0 Å². The molecule has 0 fully saturated rings. The Bertz CT molecular complexity index is 3290. The van der Waals surface area contributed by atoms with Gasteiger partial charge >= 0.3 is 0 Å². The van der Waals surface area contributed by atoms with Crippen molar-refractivity contribution in [2.45, 2.75) is 19.3 Å². The Kier molecular flexibility index (Phi) is 5.94. The third-order valence-corrected chi connectivity index (χ3v) is 12.7. The van der Waals surface area contributed by atoms with E-state index in [2.05, 4.69) is 172 Å². The normalized spacial score (nSPS) is 14.5. The minimum Gasteiger partial charge on any atom is -0.310 e. The number of para-hydroxylation sites is 4. The number of thiophene rings is 1. The van der Waals surface area contributed by atoms with Gasteiger partial charge in [-0.1, -0.05) is 85.8 Å². The van der Waals surface area contributed by atoms with Crippen LogP contribution in [0.15, 0.2) is 152 Å². The van der Waals surface area contributed by atoms with E-state index in [4.69, 9.17) is 4.98 Å². The Morgan fingerprint density at radius 3 is 1.83 bits per heavy atom. The number of hydrogen-bond acceptors (Lipinski definition) is 2. The van der Waals surface area contributed by atoms with Gasteiger partial charge in [0.15, 0.2) is 5.82 Å². The molecule has 1 aliphatic carbocycles. The highest BCUT2D eigenvalue weighted by atomic mass is 32.1. The first-order valence-electron chi connectivity index (χ1n) is 18.4. The fourth-order valence-electron chi connectivity index (χ4n) is 9.25. The Labute approximate surface area is 309 Å². The zero-order valence-electron chi connectivity index (χ0n) is 29.0. The van der Waals surface area contributed by atoms with Crippen molar-refractivity contribution >= 4 is 92.1 Å². The summed E-state index contributed by atoms with van der Waals surface area (Å²) in [6.45, 7) is 2.35. The third kappa shape index (κ3) is 3.97. The van der Waals surface area contributed by atoms with Crippen molar-refractivity contribution in [3.63, 3.8) is 0 Å². The molecule has 11 aromatic rings. The quantitative estimate of drug-likeness (QED) is 0.181. The summed E-state index contributed by atoms with van der Waals surface area (Å²) in [4.78, 5) is 5.13. The first-order chi connectivity index (χ1) is 26.2. The maximum Gasteiger partial charge on any atom is 0.155 e. The van der Waals surface area contributed by atoms with Crippen LogP contribution < -0.4 is 0 Å². The van der Waals surface area contributed by atoms with Crippen LogP contribution in [0.2, 0.25) is 0 Å². The highest BCUT2D eigenvalue weighted by Gasteiger charge is 2.24. The van der Waals surface area contributed by atoms with Gasteiger partial charge in [0.25, 0.3) is 0 Å². The van der Waals surface area contributed by atoms with Crippen molar-refractivity contribution in [1.29, 1.82) is 0 Å². The number of hydrogen-bond donors (Lipinski definition) is 0. The number of rotatable bonds is 3. The van der Waals surface area contributed by atoms with E-state index in [1.165, 1.54) is 86.3 Å². The topological polar surface area (TPSA) is 27.7 Å².